The van der Waals surface area contributed by atoms with Gasteiger partial charge in [0, 0.05) is 41.2 Å². The zero-order valence-electron chi connectivity index (χ0n) is 11.7. The molecule has 0 aliphatic rings. The third kappa shape index (κ3) is 3.11. The highest BCUT2D eigenvalue weighted by molar-refractivity contribution is 5.96. The molecule has 1 aromatic carbocycles. The summed E-state index contributed by atoms with van der Waals surface area (Å²) in [4.78, 5) is 8.16. The predicted molar refractivity (Wildman–Crippen MR) is 84.2 cm³/mol. The van der Waals surface area contributed by atoms with Crippen molar-refractivity contribution < 1.29 is 4.74 Å². The van der Waals surface area contributed by atoms with Crippen molar-refractivity contribution in [2.45, 2.75) is 12.8 Å². The van der Waals surface area contributed by atoms with E-state index in [0.717, 1.165) is 35.1 Å². The first kappa shape index (κ1) is 13.4. The standard InChI is InChI=1S/C17H17N3O/c18-16-3-4-17(15-12-20-10-7-14(15)16)21-11-1-2-13-5-8-19-9-6-13/h3-10,12H,1-2,11,18H2. The monoisotopic (exact) mass is 279 g/mol. The Morgan fingerprint density at radius 1 is 0.905 bits per heavy atom. The number of hydrogen-bond donors (Lipinski definition) is 1. The third-order valence-electron chi connectivity index (χ3n) is 3.43. The molecule has 3 aromatic rings. The van der Waals surface area contributed by atoms with Crippen LogP contribution in [0.5, 0.6) is 5.75 Å². The van der Waals surface area contributed by atoms with E-state index in [1.54, 1.807) is 12.4 Å². The van der Waals surface area contributed by atoms with E-state index in [-0.39, 0.29) is 0 Å². The quantitative estimate of drug-likeness (QED) is 0.575. The summed E-state index contributed by atoms with van der Waals surface area (Å²) in [6.45, 7) is 0.663. The summed E-state index contributed by atoms with van der Waals surface area (Å²) in [6, 6.07) is 9.76. The zero-order valence-corrected chi connectivity index (χ0v) is 11.7. The van der Waals surface area contributed by atoms with Crippen LogP contribution in [0.4, 0.5) is 5.69 Å². The van der Waals surface area contributed by atoms with Gasteiger partial charge in [0.1, 0.15) is 5.75 Å². The highest BCUT2D eigenvalue weighted by Crippen LogP contribution is 2.29. The van der Waals surface area contributed by atoms with Gasteiger partial charge in [0.05, 0.1) is 6.61 Å². The van der Waals surface area contributed by atoms with E-state index in [0.29, 0.717) is 6.61 Å². The van der Waals surface area contributed by atoms with Crippen molar-refractivity contribution in [2.75, 3.05) is 12.3 Å². The molecule has 0 bridgehead atoms. The number of hydrogen-bond acceptors (Lipinski definition) is 4. The van der Waals surface area contributed by atoms with Crippen molar-refractivity contribution in [3.05, 3.63) is 60.7 Å². The topological polar surface area (TPSA) is 61.0 Å². The molecule has 4 heteroatoms. The Kier molecular flexibility index (Phi) is 3.96. The number of aryl methyl sites for hydroxylation is 1. The molecule has 0 aliphatic carbocycles. The number of nitrogen functional groups attached to an aromatic ring is 1. The van der Waals surface area contributed by atoms with Gasteiger partial charge in [0.15, 0.2) is 0 Å². The molecule has 0 fully saturated rings. The number of ether oxygens (including phenoxy) is 1. The first-order chi connectivity index (χ1) is 10.3. The Morgan fingerprint density at radius 2 is 1.71 bits per heavy atom. The van der Waals surface area contributed by atoms with Crippen LogP contribution in [0.3, 0.4) is 0 Å². The van der Waals surface area contributed by atoms with Crippen LogP contribution < -0.4 is 10.5 Å². The van der Waals surface area contributed by atoms with Crippen LogP contribution in [0.1, 0.15) is 12.0 Å². The minimum absolute atomic E-state index is 0.663. The highest BCUT2D eigenvalue weighted by Gasteiger charge is 2.05. The average molecular weight is 279 g/mol. The van der Waals surface area contributed by atoms with Gasteiger partial charge in [-0.2, -0.15) is 0 Å². The van der Waals surface area contributed by atoms with Crippen LogP contribution in [0.2, 0.25) is 0 Å². The molecule has 0 amide bonds. The lowest BCUT2D eigenvalue weighted by atomic mass is 10.1. The van der Waals surface area contributed by atoms with Crippen molar-refractivity contribution in [3.63, 3.8) is 0 Å². The van der Waals surface area contributed by atoms with E-state index in [1.165, 1.54) is 5.56 Å². The van der Waals surface area contributed by atoms with E-state index in [1.807, 2.05) is 42.7 Å². The molecular weight excluding hydrogens is 262 g/mol. The molecule has 21 heavy (non-hydrogen) atoms. The smallest absolute Gasteiger partial charge is 0.128 e. The van der Waals surface area contributed by atoms with Gasteiger partial charge in [-0.25, -0.2) is 0 Å². The van der Waals surface area contributed by atoms with E-state index in [2.05, 4.69) is 9.97 Å². The molecule has 2 heterocycles. The summed E-state index contributed by atoms with van der Waals surface area (Å²) < 4.78 is 5.88. The molecule has 0 spiro atoms. The maximum atomic E-state index is 5.97. The summed E-state index contributed by atoms with van der Waals surface area (Å²) in [5, 5.41) is 1.94. The largest absolute Gasteiger partial charge is 0.493 e. The first-order valence-electron chi connectivity index (χ1n) is 6.98. The van der Waals surface area contributed by atoms with Gasteiger partial charge >= 0.3 is 0 Å². The molecule has 106 valence electrons. The van der Waals surface area contributed by atoms with Gasteiger partial charge in [0.2, 0.25) is 0 Å². The van der Waals surface area contributed by atoms with Crippen molar-refractivity contribution in [1.29, 1.82) is 0 Å². The minimum atomic E-state index is 0.663. The lowest BCUT2D eigenvalue weighted by Gasteiger charge is -2.10. The molecule has 0 radical (unpaired) electrons. The number of aromatic nitrogens is 2. The average Bonchev–Trinajstić information content (AvgIpc) is 2.55. The number of benzene rings is 1. The molecule has 2 N–H and O–H groups in total. The summed E-state index contributed by atoms with van der Waals surface area (Å²) in [5.74, 6) is 0.835. The van der Waals surface area contributed by atoms with E-state index in [9.17, 15) is 0 Å². The van der Waals surface area contributed by atoms with Crippen LogP contribution in [-0.4, -0.2) is 16.6 Å². The number of nitrogens with two attached hydrogens (primary N) is 1. The number of rotatable bonds is 5. The minimum Gasteiger partial charge on any atom is -0.493 e. The number of anilines is 1. The molecule has 0 unspecified atom stereocenters. The van der Waals surface area contributed by atoms with Crippen molar-refractivity contribution in [1.82, 2.24) is 9.97 Å². The van der Waals surface area contributed by atoms with Gasteiger partial charge in [-0.1, -0.05) is 0 Å². The molecular formula is C17H17N3O. The number of pyridine rings is 2. The second-order valence-corrected chi connectivity index (χ2v) is 4.88. The fourth-order valence-electron chi connectivity index (χ4n) is 2.32. The van der Waals surface area contributed by atoms with Gasteiger partial charge in [-0.3, -0.25) is 9.97 Å². The van der Waals surface area contributed by atoms with Crippen molar-refractivity contribution in [2.24, 2.45) is 0 Å². The Labute approximate surface area is 123 Å². The zero-order chi connectivity index (χ0) is 14.5. The van der Waals surface area contributed by atoms with Crippen molar-refractivity contribution in [3.8, 4) is 5.75 Å². The molecule has 4 nitrogen and oxygen atoms in total. The van der Waals surface area contributed by atoms with Crippen molar-refractivity contribution >= 4 is 16.5 Å². The summed E-state index contributed by atoms with van der Waals surface area (Å²) in [7, 11) is 0. The second-order valence-electron chi connectivity index (χ2n) is 4.88. The second kappa shape index (κ2) is 6.22. The lowest BCUT2D eigenvalue weighted by molar-refractivity contribution is 0.314. The molecule has 3 rings (SSSR count). The predicted octanol–water partition coefficient (Wildman–Crippen LogP) is 3.22. The number of nitrogens with zero attached hydrogens (tertiary/aromatic N) is 2. The summed E-state index contributed by atoms with van der Waals surface area (Å²) in [6.07, 6.45) is 9.10. The molecule has 0 atom stereocenters. The molecule has 0 saturated carbocycles. The van der Waals surface area contributed by atoms with Crippen LogP contribution in [0.25, 0.3) is 10.8 Å². The summed E-state index contributed by atoms with van der Waals surface area (Å²) in [5.41, 5.74) is 7.99. The number of fused-ring (bicyclic) bond motifs is 1. The normalized spacial score (nSPS) is 10.7. The molecule has 0 saturated heterocycles. The van der Waals surface area contributed by atoms with Gasteiger partial charge in [-0.15, -0.1) is 0 Å². The Hall–Kier alpha value is -2.62. The lowest BCUT2D eigenvalue weighted by Crippen LogP contribution is -2.00. The van der Waals surface area contributed by atoms with E-state index in [4.69, 9.17) is 10.5 Å². The van der Waals surface area contributed by atoms with Crippen LogP contribution in [0.15, 0.2) is 55.1 Å². The van der Waals surface area contributed by atoms with Gasteiger partial charge in [0.25, 0.3) is 0 Å². The van der Waals surface area contributed by atoms with Gasteiger partial charge < -0.3 is 10.5 Å². The van der Waals surface area contributed by atoms with Crippen LogP contribution in [-0.2, 0) is 6.42 Å². The first-order valence-corrected chi connectivity index (χ1v) is 6.98. The van der Waals surface area contributed by atoms with Crippen LogP contribution >= 0.6 is 0 Å². The van der Waals surface area contributed by atoms with Gasteiger partial charge in [-0.05, 0) is 48.7 Å². The Bertz CT molecular complexity index is 728. The molecule has 2 aromatic heterocycles. The Morgan fingerprint density at radius 3 is 2.57 bits per heavy atom. The van der Waals surface area contributed by atoms with Crippen LogP contribution in [0, 0.1) is 0 Å². The molecule has 0 aliphatic heterocycles. The maximum absolute atomic E-state index is 5.97. The maximum Gasteiger partial charge on any atom is 0.128 e. The fourth-order valence-corrected chi connectivity index (χ4v) is 2.32. The third-order valence-corrected chi connectivity index (χ3v) is 3.43. The van der Waals surface area contributed by atoms with E-state index >= 15 is 0 Å². The van der Waals surface area contributed by atoms with E-state index < -0.39 is 0 Å². The Balaban J connectivity index is 1.65. The highest BCUT2D eigenvalue weighted by atomic mass is 16.5. The fraction of sp³-hybridized carbons (Fsp3) is 0.176. The SMILES string of the molecule is Nc1ccc(OCCCc2ccncc2)c2cnccc12. The summed E-state index contributed by atoms with van der Waals surface area (Å²) >= 11 is 0.